The van der Waals surface area contributed by atoms with Gasteiger partial charge in [0.2, 0.25) is 5.89 Å². The minimum absolute atomic E-state index is 0.221. The van der Waals surface area contributed by atoms with E-state index in [0.29, 0.717) is 24.1 Å². The first-order chi connectivity index (χ1) is 11.6. The summed E-state index contributed by atoms with van der Waals surface area (Å²) in [6.07, 6.45) is 4.08. The van der Waals surface area contributed by atoms with Crippen LogP contribution >= 0.6 is 0 Å². The lowest BCUT2D eigenvalue weighted by Crippen LogP contribution is -2.41. The van der Waals surface area contributed by atoms with Gasteiger partial charge in [0.1, 0.15) is 0 Å². The van der Waals surface area contributed by atoms with Crippen LogP contribution in [0.2, 0.25) is 0 Å². The first-order valence-corrected chi connectivity index (χ1v) is 7.99. The smallest absolute Gasteiger partial charge is 0.375 e. The lowest BCUT2D eigenvalue weighted by atomic mass is 9.82. The molecule has 0 bridgehead atoms. The molecule has 0 atom stereocenters. The highest BCUT2D eigenvalue weighted by Crippen LogP contribution is 2.42. The number of hydrogen-bond acceptors (Lipinski definition) is 6. The zero-order valence-electron chi connectivity index (χ0n) is 13.0. The molecule has 2 heterocycles. The van der Waals surface area contributed by atoms with Gasteiger partial charge in [-0.1, -0.05) is 25.0 Å². The highest BCUT2D eigenvalue weighted by molar-refractivity contribution is 6.21. The zero-order valence-corrected chi connectivity index (χ0v) is 13.0. The quantitative estimate of drug-likeness (QED) is 0.797. The van der Waals surface area contributed by atoms with E-state index < -0.39 is 5.82 Å². The summed E-state index contributed by atoms with van der Waals surface area (Å²) in [6, 6.07) is 6.85. The van der Waals surface area contributed by atoms with E-state index in [1.54, 1.807) is 24.3 Å². The second-order valence-electron chi connectivity index (χ2n) is 6.55. The Morgan fingerprint density at radius 1 is 1.04 bits per heavy atom. The second kappa shape index (κ2) is 5.43. The molecule has 0 spiro atoms. The number of aromatic nitrogens is 1. The summed E-state index contributed by atoms with van der Waals surface area (Å²) in [4.78, 5) is 37.5. The van der Waals surface area contributed by atoms with Crippen molar-refractivity contribution in [1.82, 2.24) is 10.1 Å². The Morgan fingerprint density at radius 2 is 1.67 bits per heavy atom. The fourth-order valence-corrected chi connectivity index (χ4v) is 3.84. The highest BCUT2D eigenvalue weighted by Gasteiger charge is 2.44. The van der Waals surface area contributed by atoms with Crippen LogP contribution in [0.3, 0.4) is 0 Å². The van der Waals surface area contributed by atoms with Crippen LogP contribution in [0.5, 0.6) is 0 Å². The lowest BCUT2D eigenvalue weighted by molar-refractivity contribution is 0.0561. The molecule has 124 valence electrons. The van der Waals surface area contributed by atoms with Gasteiger partial charge in [0.15, 0.2) is 0 Å². The van der Waals surface area contributed by atoms with E-state index in [2.05, 4.69) is 9.68 Å². The van der Waals surface area contributed by atoms with Crippen LogP contribution in [0.4, 0.5) is 0 Å². The summed E-state index contributed by atoms with van der Waals surface area (Å²) in [5, 5.41) is 3.63. The standard InChI is InChI=1S/C17H16N2O5/c20-14-11-5-1-2-6-12(11)15(21)19(14)10-17(7-3-4-8-17)9-13-18-24-16(22)23-13/h1-2,5-6H,3-4,7-10H2. The van der Waals surface area contributed by atoms with E-state index in [9.17, 15) is 14.4 Å². The minimum atomic E-state index is -0.834. The first-order valence-electron chi connectivity index (χ1n) is 7.99. The van der Waals surface area contributed by atoms with E-state index in [-0.39, 0.29) is 23.1 Å². The lowest BCUT2D eigenvalue weighted by Gasteiger charge is -2.31. The van der Waals surface area contributed by atoms with Gasteiger partial charge in [0, 0.05) is 13.0 Å². The molecule has 0 radical (unpaired) electrons. The van der Waals surface area contributed by atoms with Crippen molar-refractivity contribution in [1.29, 1.82) is 0 Å². The van der Waals surface area contributed by atoms with Gasteiger partial charge in [-0.2, -0.15) is 0 Å². The van der Waals surface area contributed by atoms with Crippen LogP contribution in [0.15, 0.2) is 38.0 Å². The van der Waals surface area contributed by atoms with Crippen molar-refractivity contribution in [2.45, 2.75) is 32.1 Å². The predicted octanol–water partition coefficient (Wildman–Crippen LogP) is 2.03. The maximum Gasteiger partial charge on any atom is 0.542 e. The summed E-state index contributed by atoms with van der Waals surface area (Å²) in [6.45, 7) is 0.302. The molecule has 4 rings (SSSR count). The van der Waals surface area contributed by atoms with Crippen molar-refractivity contribution in [3.05, 3.63) is 51.9 Å². The first kappa shape index (κ1) is 14.9. The molecule has 24 heavy (non-hydrogen) atoms. The zero-order chi connectivity index (χ0) is 16.7. The van der Waals surface area contributed by atoms with Crippen LogP contribution in [0, 0.1) is 5.41 Å². The van der Waals surface area contributed by atoms with E-state index in [1.807, 2.05) is 0 Å². The van der Waals surface area contributed by atoms with Gasteiger partial charge in [-0.25, -0.2) is 4.79 Å². The number of hydrogen-bond donors (Lipinski definition) is 0. The monoisotopic (exact) mass is 328 g/mol. The number of nitrogens with zero attached hydrogens (tertiary/aromatic N) is 2. The highest BCUT2D eigenvalue weighted by atomic mass is 16.6. The van der Waals surface area contributed by atoms with E-state index in [4.69, 9.17) is 4.42 Å². The number of fused-ring (bicyclic) bond motifs is 1. The van der Waals surface area contributed by atoms with Gasteiger partial charge in [-0.3, -0.25) is 19.0 Å². The predicted molar refractivity (Wildman–Crippen MR) is 81.5 cm³/mol. The molecule has 2 amide bonds. The normalized spacial score (nSPS) is 19.1. The average molecular weight is 328 g/mol. The van der Waals surface area contributed by atoms with Gasteiger partial charge in [-0.05, 0) is 35.5 Å². The summed E-state index contributed by atoms with van der Waals surface area (Å²) in [7, 11) is 0. The van der Waals surface area contributed by atoms with Gasteiger partial charge in [0.05, 0.1) is 11.1 Å². The van der Waals surface area contributed by atoms with E-state index >= 15 is 0 Å². The maximum absolute atomic E-state index is 12.6. The van der Waals surface area contributed by atoms with Crippen molar-refractivity contribution in [3.63, 3.8) is 0 Å². The molecule has 7 nitrogen and oxygen atoms in total. The summed E-state index contributed by atoms with van der Waals surface area (Å²) >= 11 is 0. The average Bonchev–Trinajstić information content (AvgIpc) is 3.26. The van der Waals surface area contributed by atoms with Gasteiger partial charge >= 0.3 is 5.82 Å². The Labute approximate surface area is 137 Å². The SMILES string of the molecule is O=C1c2ccccc2C(=O)N1CC1(Cc2noc(=O)o2)CCCC1. The number of carbonyl (C=O) groups is 2. The van der Waals surface area contributed by atoms with Crippen molar-refractivity contribution >= 4 is 11.8 Å². The Morgan fingerprint density at radius 3 is 2.21 bits per heavy atom. The third-order valence-electron chi connectivity index (χ3n) is 4.99. The fourth-order valence-electron chi connectivity index (χ4n) is 3.84. The molecular formula is C17H16N2O5. The number of carbonyl (C=O) groups excluding carboxylic acids is 2. The Kier molecular flexibility index (Phi) is 3.37. The summed E-state index contributed by atoms with van der Waals surface area (Å²) < 4.78 is 9.39. The maximum atomic E-state index is 12.6. The Hall–Kier alpha value is -2.70. The molecule has 7 heteroatoms. The van der Waals surface area contributed by atoms with Gasteiger partial charge < -0.3 is 4.42 Å². The van der Waals surface area contributed by atoms with Crippen molar-refractivity contribution in [3.8, 4) is 0 Å². The van der Waals surface area contributed by atoms with Gasteiger partial charge in [0.25, 0.3) is 11.8 Å². The van der Waals surface area contributed by atoms with E-state index in [0.717, 1.165) is 25.7 Å². The largest absolute Gasteiger partial charge is 0.542 e. The molecule has 1 fully saturated rings. The Bertz CT molecular complexity index is 825. The number of rotatable bonds is 4. The van der Waals surface area contributed by atoms with Crippen LogP contribution in [-0.2, 0) is 6.42 Å². The molecule has 1 aromatic heterocycles. The van der Waals surface area contributed by atoms with Crippen LogP contribution < -0.4 is 5.82 Å². The molecule has 2 aliphatic rings. The van der Waals surface area contributed by atoms with Crippen molar-refractivity contribution in [2.75, 3.05) is 6.54 Å². The number of amides is 2. The van der Waals surface area contributed by atoms with Crippen LogP contribution in [-0.4, -0.2) is 28.4 Å². The minimum Gasteiger partial charge on any atom is -0.375 e. The molecule has 0 saturated heterocycles. The molecule has 2 aromatic rings. The molecule has 1 aromatic carbocycles. The van der Waals surface area contributed by atoms with Crippen LogP contribution in [0.1, 0.15) is 52.3 Å². The molecule has 1 aliphatic heterocycles. The van der Waals surface area contributed by atoms with Crippen molar-refractivity contribution in [2.24, 2.45) is 5.41 Å². The van der Waals surface area contributed by atoms with E-state index in [1.165, 1.54) is 4.90 Å². The van der Waals surface area contributed by atoms with Gasteiger partial charge in [-0.15, -0.1) is 0 Å². The number of benzene rings is 1. The third-order valence-corrected chi connectivity index (χ3v) is 4.99. The van der Waals surface area contributed by atoms with Crippen LogP contribution in [0.25, 0.3) is 0 Å². The molecule has 0 unspecified atom stereocenters. The summed E-state index contributed by atoms with van der Waals surface area (Å²) in [5.41, 5.74) is 0.576. The molecule has 0 N–H and O–H groups in total. The Balaban J connectivity index is 1.61. The third kappa shape index (κ3) is 2.36. The molecule has 1 aliphatic carbocycles. The topological polar surface area (TPSA) is 93.6 Å². The molecule has 1 saturated carbocycles. The molecular weight excluding hydrogens is 312 g/mol. The second-order valence-corrected chi connectivity index (χ2v) is 6.55. The summed E-state index contributed by atoms with van der Waals surface area (Å²) in [5.74, 6) is -1.13. The number of imide groups is 1. The fraction of sp³-hybridized carbons (Fsp3) is 0.412. The van der Waals surface area contributed by atoms with Crippen molar-refractivity contribution < 1.29 is 18.5 Å².